The average molecular weight is 464 g/mol. The van der Waals surface area contributed by atoms with Gasteiger partial charge in [0.2, 0.25) is 0 Å². The van der Waals surface area contributed by atoms with Crippen molar-refractivity contribution in [2.45, 2.75) is 13.0 Å². The van der Waals surface area contributed by atoms with Crippen molar-refractivity contribution in [3.8, 4) is 11.1 Å². The van der Waals surface area contributed by atoms with Gasteiger partial charge in [0.1, 0.15) is 0 Å². The number of carbonyl (C=O) groups excluding carboxylic acids is 1. The number of carbonyl (C=O) groups is 1. The number of fused-ring (bicyclic) bond motifs is 1. The number of nitrogens with zero attached hydrogens (tertiary/aromatic N) is 6. The standard InChI is InChI=1S/C24H26ClN7O/c1-17(18-3-6-21(25)7-4-18)28-24(33)31-11-9-30(10-12-31)23-14-27-32-16-19(5-8-22(23)32)20-13-26-29(2)15-20/h3-8,13-17H,9-12H2,1-2H3,(H,28,33)/t17-/m1/s1. The van der Waals surface area contributed by atoms with Gasteiger partial charge in [-0.3, -0.25) is 4.68 Å². The Labute approximate surface area is 197 Å². The van der Waals surface area contributed by atoms with Crippen LogP contribution < -0.4 is 10.2 Å². The fourth-order valence-electron chi connectivity index (χ4n) is 4.22. The minimum absolute atomic E-state index is 0.0434. The van der Waals surface area contributed by atoms with E-state index in [-0.39, 0.29) is 12.1 Å². The van der Waals surface area contributed by atoms with Crippen molar-refractivity contribution in [3.63, 3.8) is 0 Å². The van der Waals surface area contributed by atoms with Crippen LogP contribution in [0.1, 0.15) is 18.5 Å². The fraction of sp³-hybridized carbons (Fsp3) is 0.292. The highest BCUT2D eigenvalue weighted by atomic mass is 35.5. The van der Waals surface area contributed by atoms with Gasteiger partial charge in [0, 0.05) is 61.8 Å². The molecular formula is C24H26ClN7O. The highest BCUT2D eigenvalue weighted by Gasteiger charge is 2.24. The van der Waals surface area contributed by atoms with Gasteiger partial charge in [0.05, 0.1) is 29.6 Å². The van der Waals surface area contributed by atoms with Crippen molar-refractivity contribution in [2.24, 2.45) is 7.05 Å². The summed E-state index contributed by atoms with van der Waals surface area (Å²) in [5, 5.41) is 12.6. The number of hydrogen-bond donors (Lipinski definition) is 1. The molecule has 4 aromatic rings. The van der Waals surface area contributed by atoms with Crippen LogP contribution in [0.15, 0.2) is 61.2 Å². The van der Waals surface area contributed by atoms with E-state index in [0.717, 1.165) is 41.0 Å². The Bertz CT molecular complexity index is 1270. The molecule has 0 unspecified atom stereocenters. The average Bonchev–Trinajstić information content (AvgIpc) is 3.45. The molecule has 9 heteroatoms. The molecule has 1 aromatic carbocycles. The molecule has 5 rings (SSSR count). The number of halogens is 1. The van der Waals surface area contributed by atoms with Gasteiger partial charge in [-0.05, 0) is 30.7 Å². The number of hydrogen-bond acceptors (Lipinski definition) is 4. The summed E-state index contributed by atoms with van der Waals surface area (Å²) < 4.78 is 3.70. The monoisotopic (exact) mass is 463 g/mol. The Hall–Kier alpha value is -3.52. The second kappa shape index (κ2) is 8.78. The summed E-state index contributed by atoms with van der Waals surface area (Å²) in [6.45, 7) is 4.81. The minimum atomic E-state index is -0.0820. The first-order chi connectivity index (χ1) is 16.0. The van der Waals surface area contributed by atoms with Crippen LogP contribution in [-0.4, -0.2) is 56.5 Å². The van der Waals surface area contributed by atoms with Gasteiger partial charge in [-0.1, -0.05) is 29.8 Å². The molecule has 0 saturated carbocycles. The number of aryl methyl sites for hydroxylation is 1. The Morgan fingerprint density at radius 3 is 2.42 bits per heavy atom. The van der Waals surface area contributed by atoms with Crippen LogP contribution in [-0.2, 0) is 7.05 Å². The normalized spacial score (nSPS) is 15.1. The van der Waals surface area contributed by atoms with Crippen LogP contribution >= 0.6 is 11.6 Å². The molecule has 0 bridgehead atoms. The number of anilines is 1. The molecule has 1 aliphatic rings. The SMILES string of the molecule is C[C@@H](NC(=O)N1CCN(c2cnn3cc(-c4cnn(C)c4)ccc23)CC1)c1ccc(Cl)cc1. The zero-order valence-corrected chi connectivity index (χ0v) is 19.4. The number of piperazine rings is 1. The quantitative estimate of drug-likeness (QED) is 0.497. The summed E-state index contributed by atoms with van der Waals surface area (Å²) in [6.07, 6.45) is 7.77. The summed E-state index contributed by atoms with van der Waals surface area (Å²) in [7, 11) is 1.91. The van der Waals surface area contributed by atoms with E-state index in [9.17, 15) is 4.79 Å². The van der Waals surface area contributed by atoms with Crippen LogP contribution in [0.2, 0.25) is 5.02 Å². The van der Waals surface area contributed by atoms with E-state index in [4.69, 9.17) is 11.6 Å². The van der Waals surface area contributed by atoms with Crippen LogP contribution in [0, 0.1) is 0 Å². The predicted molar refractivity (Wildman–Crippen MR) is 130 cm³/mol. The van der Waals surface area contributed by atoms with Crippen LogP contribution in [0.25, 0.3) is 16.6 Å². The number of amides is 2. The van der Waals surface area contributed by atoms with Crippen molar-refractivity contribution in [3.05, 3.63) is 71.8 Å². The number of pyridine rings is 1. The van der Waals surface area contributed by atoms with Gasteiger partial charge in [-0.2, -0.15) is 10.2 Å². The van der Waals surface area contributed by atoms with Gasteiger partial charge >= 0.3 is 6.03 Å². The fourth-order valence-corrected chi connectivity index (χ4v) is 4.34. The van der Waals surface area contributed by atoms with Crippen molar-refractivity contribution in [1.29, 1.82) is 0 Å². The Morgan fingerprint density at radius 2 is 1.73 bits per heavy atom. The van der Waals surface area contributed by atoms with Crippen LogP contribution in [0.3, 0.4) is 0 Å². The molecule has 1 N–H and O–H groups in total. The summed E-state index contributed by atoms with van der Waals surface area (Å²) in [4.78, 5) is 16.9. The molecule has 170 valence electrons. The minimum Gasteiger partial charge on any atom is -0.365 e. The van der Waals surface area contributed by atoms with Crippen molar-refractivity contribution in [2.75, 3.05) is 31.1 Å². The Morgan fingerprint density at radius 1 is 0.970 bits per heavy atom. The van der Waals surface area contributed by atoms with E-state index >= 15 is 0 Å². The van der Waals surface area contributed by atoms with Gasteiger partial charge < -0.3 is 15.1 Å². The first-order valence-electron chi connectivity index (χ1n) is 11.0. The molecule has 3 aromatic heterocycles. The lowest BCUT2D eigenvalue weighted by molar-refractivity contribution is 0.191. The maximum absolute atomic E-state index is 12.8. The third kappa shape index (κ3) is 4.39. The van der Waals surface area contributed by atoms with Gasteiger partial charge in [-0.25, -0.2) is 9.31 Å². The number of nitrogens with one attached hydrogen (secondary N) is 1. The number of benzene rings is 1. The highest BCUT2D eigenvalue weighted by Crippen LogP contribution is 2.26. The molecule has 1 fully saturated rings. The Kier molecular flexibility index (Phi) is 5.68. The van der Waals surface area contributed by atoms with Crippen molar-refractivity contribution in [1.82, 2.24) is 29.6 Å². The smallest absolute Gasteiger partial charge is 0.317 e. The predicted octanol–water partition coefficient (Wildman–Crippen LogP) is 3.98. The largest absolute Gasteiger partial charge is 0.365 e. The zero-order valence-electron chi connectivity index (χ0n) is 18.6. The van der Waals surface area contributed by atoms with E-state index < -0.39 is 0 Å². The van der Waals surface area contributed by atoms with Gasteiger partial charge in [0.25, 0.3) is 0 Å². The molecule has 33 heavy (non-hydrogen) atoms. The number of rotatable bonds is 4. The highest BCUT2D eigenvalue weighted by molar-refractivity contribution is 6.30. The van der Waals surface area contributed by atoms with Crippen molar-refractivity contribution < 1.29 is 4.79 Å². The molecule has 0 radical (unpaired) electrons. The molecule has 1 atom stereocenters. The molecule has 0 spiro atoms. The van der Waals surface area contributed by atoms with Gasteiger partial charge in [-0.15, -0.1) is 0 Å². The topological polar surface area (TPSA) is 70.7 Å². The second-order valence-electron chi connectivity index (χ2n) is 8.38. The van der Waals surface area contributed by atoms with Crippen molar-refractivity contribution >= 4 is 28.8 Å². The summed E-state index contributed by atoms with van der Waals surface area (Å²) in [6, 6.07) is 11.6. The van der Waals surface area contributed by atoms with Gasteiger partial charge in [0.15, 0.2) is 0 Å². The number of aromatic nitrogens is 4. The molecule has 1 saturated heterocycles. The van der Waals surface area contributed by atoms with E-state index in [1.807, 2.05) is 72.4 Å². The molecule has 2 amide bonds. The summed E-state index contributed by atoms with van der Waals surface area (Å²) in [5.41, 5.74) is 5.30. The third-order valence-electron chi connectivity index (χ3n) is 6.15. The Balaban J connectivity index is 1.22. The lowest BCUT2D eigenvalue weighted by Crippen LogP contribution is -2.52. The zero-order chi connectivity index (χ0) is 22.9. The van der Waals surface area contributed by atoms with Crippen LogP contribution in [0.4, 0.5) is 10.5 Å². The molecule has 8 nitrogen and oxygen atoms in total. The number of urea groups is 1. The van der Waals surface area contributed by atoms with E-state index in [2.05, 4.69) is 32.5 Å². The first-order valence-corrected chi connectivity index (χ1v) is 11.4. The van der Waals surface area contributed by atoms with E-state index in [1.165, 1.54) is 0 Å². The lowest BCUT2D eigenvalue weighted by Gasteiger charge is -2.36. The third-order valence-corrected chi connectivity index (χ3v) is 6.40. The molecule has 4 heterocycles. The molecular weight excluding hydrogens is 438 g/mol. The maximum atomic E-state index is 12.8. The summed E-state index contributed by atoms with van der Waals surface area (Å²) >= 11 is 5.96. The van der Waals surface area contributed by atoms with E-state index in [0.29, 0.717) is 18.1 Å². The van der Waals surface area contributed by atoms with E-state index in [1.54, 1.807) is 4.68 Å². The lowest BCUT2D eigenvalue weighted by atomic mass is 10.1. The maximum Gasteiger partial charge on any atom is 0.317 e. The molecule has 0 aliphatic carbocycles. The first kappa shape index (κ1) is 21.3. The summed E-state index contributed by atoms with van der Waals surface area (Å²) in [5.74, 6) is 0. The van der Waals surface area contributed by atoms with Crippen LogP contribution in [0.5, 0.6) is 0 Å². The molecule has 1 aliphatic heterocycles. The second-order valence-corrected chi connectivity index (χ2v) is 8.81.